The fraction of sp³-hybridized carbons (Fsp3) is 0.263. The second-order valence-electron chi connectivity index (χ2n) is 6.53. The van der Waals surface area contributed by atoms with Crippen LogP contribution < -0.4 is 4.90 Å². The molecule has 8 nitrogen and oxygen atoms in total. The third kappa shape index (κ3) is 3.97. The van der Waals surface area contributed by atoms with Crippen LogP contribution in [0.2, 0.25) is 5.02 Å². The van der Waals surface area contributed by atoms with Gasteiger partial charge in [0.1, 0.15) is 5.69 Å². The number of benzene rings is 2. The zero-order valence-corrected chi connectivity index (χ0v) is 15.7. The molecule has 144 valence electrons. The fourth-order valence-corrected chi connectivity index (χ4v) is 3.39. The molecule has 0 bridgehead atoms. The normalized spacial score (nSPS) is 15.0. The number of para-hydroxylation sites is 2. The highest BCUT2D eigenvalue weighted by Gasteiger charge is 2.24. The molecular formula is C19H18ClN5O3. The Kier molecular flexibility index (Phi) is 5.23. The molecule has 0 aliphatic carbocycles. The maximum absolute atomic E-state index is 11.2. The lowest BCUT2D eigenvalue weighted by atomic mass is 10.2. The molecule has 1 saturated heterocycles. The summed E-state index contributed by atoms with van der Waals surface area (Å²) in [6.45, 7) is 3.45. The Hall–Kier alpha value is -2.97. The van der Waals surface area contributed by atoms with Gasteiger partial charge in [-0.15, -0.1) is 0 Å². The van der Waals surface area contributed by atoms with Crippen LogP contribution in [0, 0.1) is 10.1 Å². The van der Waals surface area contributed by atoms with Crippen molar-refractivity contribution in [1.82, 2.24) is 15.0 Å². The second-order valence-corrected chi connectivity index (χ2v) is 6.96. The number of halogens is 1. The lowest BCUT2D eigenvalue weighted by Gasteiger charge is -2.35. The molecule has 28 heavy (non-hydrogen) atoms. The minimum atomic E-state index is -0.335. The van der Waals surface area contributed by atoms with E-state index in [1.165, 1.54) is 0 Å². The molecule has 3 aromatic rings. The summed E-state index contributed by atoms with van der Waals surface area (Å²) in [4.78, 5) is 19.6. The van der Waals surface area contributed by atoms with Gasteiger partial charge >= 0.3 is 0 Å². The molecule has 0 unspecified atom stereocenters. The van der Waals surface area contributed by atoms with Gasteiger partial charge in [-0.05, 0) is 30.3 Å². The summed E-state index contributed by atoms with van der Waals surface area (Å²) in [5.74, 6) is 1.08. The smallest absolute Gasteiger partial charge is 0.292 e. The maximum atomic E-state index is 11.2. The van der Waals surface area contributed by atoms with Gasteiger partial charge in [-0.25, -0.2) is 0 Å². The van der Waals surface area contributed by atoms with E-state index in [4.69, 9.17) is 16.1 Å². The Morgan fingerprint density at radius 3 is 2.50 bits per heavy atom. The van der Waals surface area contributed by atoms with Crippen LogP contribution in [0.3, 0.4) is 0 Å². The first kappa shape index (κ1) is 18.4. The van der Waals surface area contributed by atoms with E-state index in [1.54, 1.807) is 30.3 Å². The van der Waals surface area contributed by atoms with Gasteiger partial charge in [0.2, 0.25) is 11.7 Å². The van der Waals surface area contributed by atoms with Gasteiger partial charge in [0, 0.05) is 42.8 Å². The van der Waals surface area contributed by atoms with Gasteiger partial charge in [-0.3, -0.25) is 15.0 Å². The highest BCUT2D eigenvalue weighted by molar-refractivity contribution is 6.30. The average Bonchev–Trinajstić information content (AvgIpc) is 3.17. The Bertz CT molecular complexity index is 968. The van der Waals surface area contributed by atoms with Crippen LogP contribution in [0.4, 0.5) is 11.4 Å². The number of anilines is 1. The quantitative estimate of drug-likeness (QED) is 0.478. The largest absolute Gasteiger partial charge is 0.363 e. The van der Waals surface area contributed by atoms with Crippen LogP contribution in [0.15, 0.2) is 53.1 Å². The minimum absolute atomic E-state index is 0.139. The van der Waals surface area contributed by atoms with Gasteiger partial charge < -0.3 is 9.42 Å². The van der Waals surface area contributed by atoms with Crippen LogP contribution in [0.1, 0.15) is 5.89 Å². The molecule has 2 aromatic carbocycles. The van der Waals surface area contributed by atoms with Crippen molar-refractivity contribution in [2.24, 2.45) is 0 Å². The number of rotatable bonds is 5. The summed E-state index contributed by atoms with van der Waals surface area (Å²) >= 11 is 5.90. The molecule has 4 rings (SSSR count). The molecule has 1 fully saturated rings. The molecule has 0 atom stereocenters. The summed E-state index contributed by atoms with van der Waals surface area (Å²) in [7, 11) is 0. The molecule has 1 aromatic heterocycles. The SMILES string of the molecule is O=[N+]([O-])c1ccccc1N1CCN(Cc2nc(-c3ccc(Cl)cc3)no2)CC1. The zero-order chi connectivity index (χ0) is 19.5. The number of nitrogens with zero attached hydrogens (tertiary/aromatic N) is 5. The standard InChI is InChI=1S/C19H18ClN5O3/c20-15-7-5-14(6-8-15)19-21-18(28-22-19)13-23-9-11-24(12-10-23)16-3-1-2-4-17(16)25(26)27/h1-8H,9-13H2. The van der Waals surface area contributed by atoms with E-state index in [0.29, 0.717) is 42.1 Å². The van der Waals surface area contributed by atoms with E-state index in [9.17, 15) is 10.1 Å². The molecule has 0 spiro atoms. The molecule has 0 amide bonds. The van der Waals surface area contributed by atoms with E-state index in [-0.39, 0.29) is 10.6 Å². The fourth-order valence-electron chi connectivity index (χ4n) is 3.26. The summed E-state index contributed by atoms with van der Waals surface area (Å²) in [5, 5.41) is 15.9. The number of hydrogen-bond acceptors (Lipinski definition) is 7. The summed E-state index contributed by atoms with van der Waals surface area (Å²) in [6.07, 6.45) is 0. The van der Waals surface area contributed by atoms with E-state index >= 15 is 0 Å². The van der Waals surface area contributed by atoms with Crippen molar-refractivity contribution in [1.29, 1.82) is 0 Å². The summed E-state index contributed by atoms with van der Waals surface area (Å²) < 4.78 is 5.38. The van der Waals surface area contributed by atoms with Gasteiger partial charge in [0.15, 0.2) is 0 Å². The predicted octanol–water partition coefficient (Wildman–Crippen LogP) is 3.62. The monoisotopic (exact) mass is 399 g/mol. The van der Waals surface area contributed by atoms with Gasteiger partial charge in [-0.2, -0.15) is 4.98 Å². The number of piperazine rings is 1. The summed E-state index contributed by atoms with van der Waals surface area (Å²) in [6, 6.07) is 14.1. The third-order valence-corrected chi connectivity index (χ3v) is 4.97. The van der Waals surface area contributed by atoms with Crippen LogP contribution in [-0.4, -0.2) is 46.1 Å². The van der Waals surface area contributed by atoms with Crippen LogP contribution in [-0.2, 0) is 6.54 Å². The van der Waals surface area contributed by atoms with Crippen LogP contribution in [0.5, 0.6) is 0 Å². The lowest BCUT2D eigenvalue weighted by molar-refractivity contribution is -0.384. The Morgan fingerprint density at radius 2 is 1.79 bits per heavy atom. The Labute approximate surface area is 166 Å². The molecule has 2 heterocycles. The minimum Gasteiger partial charge on any atom is -0.363 e. The predicted molar refractivity (Wildman–Crippen MR) is 105 cm³/mol. The van der Waals surface area contributed by atoms with E-state index in [0.717, 1.165) is 18.7 Å². The highest BCUT2D eigenvalue weighted by Crippen LogP contribution is 2.28. The summed E-state index contributed by atoms with van der Waals surface area (Å²) in [5.41, 5.74) is 1.65. The highest BCUT2D eigenvalue weighted by atomic mass is 35.5. The second kappa shape index (κ2) is 7.95. The van der Waals surface area contributed by atoms with Crippen molar-refractivity contribution in [2.45, 2.75) is 6.54 Å². The van der Waals surface area contributed by atoms with Crippen molar-refractivity contribution in [3.63, 3.8) is 0 Å². The first-order chi connectivity index (χ1) is 13.6. The molecule has 9 heteroatoms. The van der Waals surface area contributed by atoms with Crippen molar-refractivity contribution in [2.75, 3.05) is 31.1 Å². The van der Waals surface area contributed by atoms with Crippen molar-refractivity contribution in [3.8, 4) is 11.4 Å². The van der Waals surface area contributed by atoms with Gasteiger partial charge in [-0.1, -0.05) is 28.9 Å². The molecule has 0 saturated carbocycles. The van der Waals surface area contributed by atoms with Gasteiger partial charge in [0.05, 0.1) is 11.5 Å². The lowest BCUT2D eigenvalue weighted by Crippen LogP contribution is -2.46. The first-order valence-electron chi connectivity index (χ1n) is 8.89. The topological polar surface area (TPSA) is 88.5 Å². The maximum Gasteiger partial charge on any atom is 0.292 e. The van der Waals surface area contributed by atoms with Crippen LogP contribution >= 0.6 is 11.6 Å². The Morgan fingerprint density at radius 1 is 1.07 bits per heavy atom. The zero-order valence-electron chi connectivity index (χ0n) is 15.0. The number of hydrogen-bond donors (Lipinski definition) is 0. The van der Waals surface area contributed by atoms with Gasteiger partial charge in [0.25, 0.3) is 5.69 Å². The third-order valence-electron chi connectivity index (χ3n) is 4.72. The van der Waals surface area contributed by atoms with Crippen molar-refractivity contribution < 1.29 is 9.45 Å². The van der Waals surface area contributed by atoms with Crippen molar-refractivity contribution in [3.05, 3.63) is 69.6 Å². The van der Waals surface area contributed by atoms with Crippen LogP contribution in [0.25, 0.3) is 11.4 Å². The van der Waals surface area contributed by atoms with E-state index in [2.05, 4.69) is 15.0 Å². The molecular weight excluding hydrogens is 382 g/mol. The van der Waals surface area contributed by atoms with Crippen molar-refractivity contribution >= 4 is 23.0 Å². The average molecular weight is 400 g/mol. The first-order valence-corrected chi connectivity index (χ1v) is 9.27. The van der Waals surface area contributed by atoms with E-state index < -0.39 is 0 Å². The van der Waals surface area contributed by atoms with E-state index in [1.807, 2.05) is 23.1 Å². The Balaban J connectivity index is 1.38. The molecule has 1 aliphatic rings. The molecule has 0 radical (unpaired) electrons. The number of nitro benzene ring substituents is 1. The molecule has 0 N–H and O–H groups in total. The molecule has 1 aliphatic heterocycles. The number of nitro groups is 1. The number of aromatic nitrogens is 2.